The number of amides is 2. The lowest BCUT2D eigenvalue weighted by atomic mass is 9.83. The van der Waals surface area contributed by atoms with Crippen LogP contribution in [0, 0.1) is 10.8 Å². The minimum atomic E-state index is -0.419. The molecule has 1 fully saturated rings. The van der Waals surface area contributed by atoms with Gasteiger partial charge in [-0.3, -0.25) is 9.59 Å². The molecule has 1 aliphatic rings. The van der Waals surface area contributed by atoms with Crippen molar-refractivity contribution in [3.05, 3.63) is 0 Å². The standard InChI is InChI=1S/C16H30N2O2/c1-8-11-13(19)17-12(16(5,6)7)14(20)18(11)10-9-15(2,3)4/h11-12H,8-10H2,1-7H3,(H,17,19). The van der Waals surface area contributed by atoms with Gasteiger partial charge in [0.25, 0.3) is 0 Å². The van der Waals surface area contributed by atoms with E-state index in [1.54, 1.807) is 4.90 Å². The normalized spacial score (nSPS) is 24.9. The molecule has 2 unspecified atom stereocenters. The summed E-state index contributed by atoms with van der Waals surface area (Å²) in [5.41, 5.74) is -0.102. The summed E-state index contributed by atoms with van der Waals surface area (Å²) in [6.07, 6.45) is 1.57. The largest absolute Gasteiger partial charge is 0.342 e. The van der Waals surface area contributed by atoms with Gasteiger partial charge in [0.15, 0.2) is 0 Å². The molecule has 0 aromatic heterocycles. The second-order valence-electron chi connectivity index (χ2n) is 8.07. The highest BCUT2D eigenvalue weighted by molar-refractivity contribution is 5.97. The molecule has 1 aliphatic heterocycles. The number of piperazine rings is 1. The molecule has 1 N–H and O–H groups in total. The first-order valence-corrected chi connectivity index (χ1v) is 7.58. The Labute approximate surface area is 123 Å². The number of nitrogens with one attached hydrogen (secondary N) is 1. The molecule has 20 heavy (non-hydrogen) atoms. The van der Waals surface area contributed by atoms with Crippen LogP contribution >= 0.6 is 0 Å². The van der Waals surface area contributed by atoms with Crippen molar-refractivity contribution >= 4 is 11.8 Å². The van der Waals surface area contributed by atoms with E-state index >= 15 is 0 Å². The minimum absolute atomic E-state index is 0.0130. The van der Waals surface area contributed by atoms with Gasteiger partial charge in [-0.2, -0.15) is 0 Å². The number of carbonyl (C=O) groups is 2. The lowest BCUT2D eigenvalue weighted by Crippen LogP contribution is -2.66. The Morgan fingerprint density at radius 2 is 1.65 bits per heavy atom. The van der Waals surface area contributed by atoms with E-state index in [0.29, 0.717) is 13.0 Å². The third-order valence-electron chi connectivity index (χ3n) is 3.85. The molecule has 0 radical (unpaired) electrons. The van der Waals surface area contributed by atoms with Crippen molar-refractivity contribution < 1.29 is 9.59 Å². The fourth-order valence-corrected chi connectivity index (χ4v) is 2.48. The quantitative estimate of drug-likeness (QED) is 0.865. The maximum Gasteiger partial charge on any atom is 0.246 e. The molecule has 0 aromatic rings. The zero-order chi connectivity index (χ0) is 15.7. The zero-order valence-electron chi connectivity index (χ0n) is 14.0. The highest BCUT2D eigenvalue weighted by atomic mass is 16.2. The summed E-state index contributed by atoms with van der Waals surface area (Å²) in [4.78, 5) is 26.8. The van der Waals surface area contributed by atoms with Crippen LogP contribution in [-0.2, 0) is 9.59 Å². The number of nitrogens with zero attached hydrogens (tertiary/aromatic N) is 1. The van der Waals surface area contributed by atoms with Gasteiger partial charge in [0.1, 0.15) is 12.1 Å². The van der Waals surface area contributed by atoms with Gasteiger partial charge in [-0.15, -0.1) is 0 Å². The second-order valence-corrected chi connectivity index (χ2v) is 8.07. The van der Waals surface area contributed by atoms with Gasteiger partial charge < -0.3 is 10.2 Å². The first-order chi connectivity index (χ1) is 8.97. The van der Waals surface area contributed by atoms with E-state index in [-0.39, 0.29) is 28.7 Å². The van der Waals surface area contributed by atoms with Gasteiger partial charge in [0.05, 0.1) is 0 Å². The topological polar surface area (TPSA) is 49.4 Å². The summed E-state index contributed by atoms with van der Waals surface area (Å²) in [7, 11) is 0. The number of carbonyl (C=O) groups excluding carboxylic acids is 2. The molecule has 0 saturated carbocycles. The lowest BCUT2D eigenvalue weighted by molar-refractivity contribution is -0.152. The number of hydrogen-bond acceptors (Lipinski definition) is 2. The van der Waals surface area contributed by atoms with E-state index in [1.807, 2.05) is 27.7 Å². The van der Waals surface area contributed by atoms with E-state index in [4.69, 9.17) is 0 Å². The molecule has 0 spiro atoms. The zero-order valence-corrected chi connectivity index (χ0v) is 14.0. The molecule has 0 aromatic carbocycles. The SMILES string of the molecule is CCC1C(=O)NC(C(C)(C)C)C(=O)N1CCC(C)(C)C. The summed E-state index contributed by atoms with van der Waals surface area (Å²) in [5, 5.41) is 2.90. The predicted molar refractivity (Wildman–Crippen MR) is 81.2 cm³/mol. The average molecular weight is 282 g/mol. The maximum atomic E-state index is 12.7. The summed E-state index contributed by atoms with van der Waals surface area (Å²) in [5.74, 6) is 0.0501. The van der Waals surface area contributed by atoms with Crippen molar-refractivity contribution in [3.63, 3.8) is 0 Å². The lowest BCUT2D eigenvalue weighted by Gasteiger charge is -2.43. The summed E-state index contributed by atoms with van der Waals surface area (Å²) >= 11 is 0. The second kappa shape index (κ2) is 5.74. The van der Waals surface area contributed by atoms with Gasteiger partial charge in [-0.05, 0) is 23.7 Å². The van der Waals surface area contributed by atoms with Gasteiger partial charge in [-0.25, -0.2) is 0 Å². The van der Waals surface area contributed by atoms with Crippen LogP contribution in [-0.4, -0.2) is 35.3 Å². The summed E-state index contributed by atoms with van der Waals surface area (Å²) < 4.78 is 0. The Balaban J connectivity index is 2.95. The molecule has 4 nitrogen and oxygen atoms in total. The fraction of sp³-hybridized carbons (Fsp3) is 0.875. The number of hydrogen-bond donors (Lipinski definition) is 1. The van der Waals surface area contributed by atoms with Crippen LogP contribution in [0.4, 0.5) is 0 Å². The highest BCUT2D eigenvalue weighted by Gasteiger charge is 2.44. The predicted octanol–water partition coefficient (Wildman–Crippen LogP) is 2.57. The van der Waals surface area contributed by atoms with Crippen LogP contribution in [0.3, 0.4) is 0 Å². The van der Waals surface area contributed by atoms with Crippen molar-refractivity contribution in [2.75, 3.05) is 6.54 Å². The monoisotopic (exact) mass is 282 g/mol. The third kappa shape index (κ3) is 3.97. The molecule has 116 valence electrons. The molecule has 0 bridgehead atoms. The van der Waals surface area contributed by atoms with Crippen LogP contribution in [0.1, 0.15) is 61.3 Å². The Morgan fingerprint density at radius 1 is 1.10 bits per heavy atom. The molecule has 0 aliphatic carbocycles. The molecular formula is C16H30N2O2. The Morgan fingerprint density at radius 3 is 2.05 bits per heavy atom. The van der Waals surface area contributed by atoms with Crippen LogP contribution in [0.2, 0.25) is 0 Å². The summed E-state index contributed by atoms with van der Waals surface area (Å²) in [6.45, 7) is 15.1. The molecule has 2 atom stereocenters. The first kappa shape index (κ1) is 17.0. The summed E-state index contributed by atoms with van der Waals surface area (Å²) in [6, 6.07) is -0.735. The Bertz CT molecular complexity index is 377. The molecular weight excluding hydrogens is 252 g/mol. The van der Waals surface area contributed by atoms with Crippen LogP contribution in [0.15, 0.2) is 0 Å². The third-order valence-corrected chi connectivity index (χ3v) is 3.85. The first-order valence-electron chi connectivity index (χ1n) is 7.58. The van der Waals surface area contributed by atoms with E-state index in [9.17, 15) is 9.59 Å². The molecule has 4 heteroatoms. The van der Waals surface area contributed by atoms with E-state index < -0.39 is 6.04 Å². The van der Waals surface area contributed by atoms with Gasteiger partial charge in [0, 0.05) is 6.54 Å². The van der Waals surface area contributed by atoms with Crippen LogP contribution in [0.5, 0.6) is 0 Å². The van der Waals surface area contributed by atoms with Gasteiger partial charge in [-0.1, -0.05) is 48.5 Å². The Hall–Kier alpha value is -1.06. The molecule has 2 amide bonds. The van der Waals surface area contributed by atoms with Crippen molar-refractivity contribution in [1.82, 2.24) is 10.2 Å². The molecule has 1 heterocycles. The van der Waals surface area contributed by atoms with E-state index in [2.05, 4.69) is 26.1 Å². The molecule has 1 saturated heterocycles. The van der Waals surface area contributed by atoms with Crippen molar-refractivity contribution in [2.24, 2.45) is 10.8 Å². The van der Waals surface area contributed by atoms with E-state index in [1.165, 1.54) is 0 Å². The smallest absolute Gasteiger partial charge is 0.246 e. The fourth-order valence-electron chi connectivity index (χ4n) is 2.48. The van der Waals surface area contributed by atoms with Crippen molar-refractivity contribution in [3.8, 4) is 0 Å². The van der Waals surface area contributed by atoms with Crippen LogP contribution in [0.25, 0.3) is 0 Å². The van der Waals surface area contributed by atoms with E-state index in [0.717, 1.165) is 6.42 Å². The van der Waals surface area contributed by atoms with Gasteiger partial charge in [0.2, 0.25) is 11.8 Å². The van der Waals surface area contributed by atoms with Crippen LogP contribution < -0.4 is 5.32 Å². The minimum Gasteiger partial charge on any atom is -0.342 e. The highest BCUT2D eigenvalue weighted by Crippen LogP contribution is 2.27. The van der Waals surface area contributed by atoms with Crippen molar-refractivity contribution in [1.29, 1.82) is 0 Å². The Kier molecular flexibility index (Phi) is 4.88. The molecule has 1 rings (SSSR count). The van der Waals surface area contributed by atoms with Crippen molar-refractivity contribution in [2.45, 2.75) is 73.4 Å². The average Bonchev–Trinajstić information content (AvgIpc) is 2.26. The van der Waals surface area contributed by atoms with Gasteiger partial charge >= 0.3 is 0 Å². The number of rotatable bonds is 3. The maximum absolute atomic E-state index is 12.7.